The number of nitrogens with one attached hydrogen (secondary N) is 1. The maximum absolute atomic E-state index is 12.5. The summed E-state index contributed by atoms with van der Waals surface area (Å²) in [4.78, 5) is 12.5. The fourth-order valence-electron chi connectivity index (χ4n) is 2.52. The predicted molar refractivity (Wildman–Crippen MR) is 102 cm³/mol. The summed E-state index contributed by atoms with van der Waals surface area (Å²) in [5.74, 6) is 0.475. The van der Waals surface area contributed by atoms with E-state index in [4.69, 9.17) is 27.9 Å². The van der Waals surface area contributed by atoms with Gasteiger partial charge < -0.3 is 10.1 Å². The second kappa shape index (κ2) is 7.81. The molecule has 0 fully saturated rings. The number of rotatable bonds is 5. The highest BCUT2D eigenvalue weighted by Crippen LogP contribution is 2.26. The molecule has 1 unspecified atom stereocenters. The summed E-state index contributed by atoms with van der Waals surface area (Å²) >= 11 is 12.1. The van der Waals surface area contributed by atoms with Gasteiger partial charge in [0.1, 0.15) is 5.75 Å². The van der Waals surface area contributed by atoms with Gasteiger partial charge in [-0.3, -0.25) is 4.79 Å². The number of hydrogen-bond acceptors (Lipinski definition) is 3. The number of amides is 1. The average Bonchev–Trinajstić information content (AvgIpc) is 3.12. The van der Waals surface area contributed by atoms with E-state index in [2.05, 4.69) is 10.4 Å². The van der Waals surface area contributed by atoms with Gasteiger partial charge in [-0.05, 0) is 55.0 Å². The SMILES string of the molecule is COc1ccc(-n2ccc(C(=O)NC(C)c3ccc(Cl)cc3Cl)n2)cc1. The van der Waals surface area contributed by atoms with E-state index >= 15 is 0 Å². The number of hydrogen-bond donors (Lipinski definition) is 1. The van der Waals surface area contributed by atoms with E-state index in [1.807, 2.05) is 31.2 Å². The molecule has 2 aromatic carbocycles. The molecule has 1 aromatic heterocycles. The van der Waals surface area contributed by atoms with Gasteiger partial charge in [0.2, 0.25) is 0 Å². The van der Waals surface area contributed by atoms with Crippen molar-refractivity contribution in [2.45, 2.75) is 13.0 Å². The lowest BCUT2D eigenvalue weighted by atomic mass is 10.1. The van der Waals surface area contributed by atoms with E-state index in [-0.39, 0.29) is 11.9 Å². The van der Waals surface area contributed by atoms with Gasteiger partial charge in [0.05, 0.1) is 18.8 Å². The topological polar surface area (TPSA) is 56.1 Å². The summed E-state index contributed by atoms with van der Waals surface area (Å²) in [5.41, 5.74) is 1.94. The Bertz CT molecular complexity index is 923. The van der Waals surface area contributed by atoms with Crippen LogP contribution in [-0.2, 0) is 0 Å². The number of carbonyl (C=O) groups is 1. The molecule has 0 bridgehead atoms. The van der Waals surface area contributed by atoms with Gasteiger partial charge in [-0.15, -0.1) is 0 Å². The molecule has 26 heavy (non-hydrogen) atoms. The number of benzene rings is 2. The van der Waals surface area contributed by atoms with Crippen LogP contribution >= 0.6 is 23.2 Å². The molecule has 1 amide bonds. The summed E-state index contributed by atoms with van der Waals surface area (Å²) in [6, 6.07) is 14.0. The lowest BCUT2D eigenvalue weighted by Gasteiger charge is -2.15. The van der Waals surface area contributed by atoms with Crippen molar-refractivity contribution in [3.05, 3.63) is 76.0 Å². The minimum Gasteiger partial charge on any atom is -0.497 e. The lowest BCUT2D eigenvalue weighted by molar-refractivity contribution is 0.0934. The number of carbonyl (C=O) groups excluding carboxylic acids is 1. The molecule has 0 aliphatic heterocycles. The van der Waals surface area contributed by atoms with Gasteiger partial charge in [0.15, 0.2) is 5.69 Å². The van der Waals surface area contributed by atoms with E-state index in [9.17, 15) is 4.79 Å². The molecule has 1 atom stereocenters. The smallest absolute Gasteiger partial charge is 0.272 e. The first-order valence-corrected chi connectivity index (χ1v) is 8.69. The maximum Gasteiger partial charge on any atom is 0.272 e. The van der Waals surface area contributed by atoms with Crippen LogP contribution in [0, 0.1) is 0 Å². The maximum atomic E-state index is 12.5. The largest absolute Gasteiger partial charge is 0.497 e. The number of halogens is 2. The highest BCUT2D eigenvalue weighted by atomic mass is 35.5. The Kier molecular flexibility index (Phi) is 5.49. The summed E-state index contributed by atoms with van der Waals surface area (Å²) in [6.07, 6.45) is 1.73. The van der Waals surface area contributed by atoms with Gasteiger partial charge >= 0.3 is 0 Å². The zero-order chi connectivity index (χ0) is 18.7. The quantitative estimate of drug-likeness (QED) is 0.688. The number of ether oxygens (including phenoxy) is 1. The van der Waals surface area contributed by atoms with Gasteiger partial charge in [0, 0.05) is 16.2 Å². The number of nitrogens with zero attached hydrogens (tertiary/aromatic N) is 2. The van der Waals surface area contributed by atoms with Crippen molar-refractivity contribution in [3.8, 4) is 11.4 Å². The van der Waals surface area contributed by atoms with Crippen LogP contribution in [0.15, 0.2) is 54.7 Å². The Morgan fingerprint density at radius 1 is 1.15 bits per heavy atom. The molecular formula is C19H17Cl2N3O2. The fraction of sp³-hybridized carbons (Fsp3) is 0.158. The molecule has 0 radical (unpaired) electrons. The third-order valence-corrected chi connectivity index (χ3v) is 4.50. The summed E-state index contributed by atoms with van der Waals surface area (Å²) in [7, 11) is 1.61. The zero-order valence-corrected chi connectivity index (χ0v) is 15.8. The molecule has 7 heteroatoms. The van der Waals surface area contributed by atoms with E-state index < -0.39 is 0 Å². The first kappa shape index (κ1) is 18.3. The molecule has 1 N–H and O–H groups in total. The summed E-state index contributed by atoms with van der Waals surface area (Å²) < 4.78 is 6.77. The molecule has 1 heterocycles. The Labute approximate surface area is 161 Å². The Balaban J connectivity index is 1.73. The molecule has 0 saturated carbocycles. The normalized spacial score (nSPS) is 11.8. The van der Waals surface area contributed by atoms with Crippen molar-refractivity contribution >= 4 is 29.1 Å². The van der Waals surface area contributed by atoms with Crippen LogP contribution in [0.4, 0.5) is 0 Å². The molecule has 3 aromatic rings. The van der Waals surface area contributed by atoms with E-state index in [0.717, 1.165) is 17.0 Å². The molecule has 0 spiro atoms. The molecule has 0 saturated heterocycles. The van der Waals surface area contributed by atoms with Gasteiger partial charge in [-0.25, -0.2) is 4.68 Å². The lowest BCUT2D eigenvalue weighted by Crippen LogP contribution is -2.27. The molecule has 0 aliphatic rings. The van der Waals surface area contributed by atoms with Gasteiger partial charge in [-0.2, -0.15) is 5.10 Å². The van der Waals surface area contributed by atoms with Crippen molar-refractivity contribution in [2.75, 3.05) is 7.11 Å². The molecule has 0 aliphatic carbocycles. The van der Waals surface area contributed by atoms with Crippen molar-refractivity contribution in [1.82, 2.24) is 15.1 Å². The van der Waals surface area contributed by atoms with E-state index in [1.54, 1.807) is 42.3 Å². The van der Waals surface area contributed by atoms with Gasteiger partial charge in [-0.1, -0.05) is 29.3 Å². The Hall–Kier alpha value is -2.50. The van der Waals surface area contributed by atoms with Crippen LogP contribution < -0.4 is 10.1 Å². The summed E-state index contributed by atoms with van der Waals surface area (Å²) in [5, 5.41) is 8.28. The second-order valence-corrected chi connectivity index (χ2v) is 6.55. The first-order chi connectivity index (χ1) is 12.5. The van der Waals surface area contributed by atoms with Crippen molar-refractivity contribution in [2.24, 2.45) is 0 Å². The van der Waals surface area contributed by atoms with E-state index in [0.29, 0.717) is 15.7 Å². The minimum absolute atomic E-state index is 0.279. The fourth-order valence-corrected chi connectivity index (χ4v) is 3.10. The van der Waals surface area contributed by atoms with Crippen LogP contribution in [0.25, 0.3) is 5.69 Å². The predicted octanol–water partition coefficient (Wildman–Crippen LogP) is 4.68. The first-order valence-electron chi connectivity index (χ1n) is 7.94. The van der Waals surface area contributed by atoms with Crippen molar-refractivity contribution in [1.29, 1.82) is 0 Å². The molecular weight excluding hydrogens is 373 g/mol. The minimum atomic E-state index is -0.282. The number of methoxy groups -OCH3 is 1. The standard InChI is InChI=1S/C19H17Cl2N3O2/c1-12(16-8-3-13(20)11-17(16)21)22-19(25)18-9-10-24(23-18)14-4-6-15(26-2)7-5-14/h3-12H,1-2H3,(H,22,25). The number of aromatic nitrogens is 2. The third kappa shape index (κ3) is 4.00. The summed E-state index contributed by atoms with van der Waals surface area (Å²) in [6.45, 7) is 1.85. The van der Waals surface area contributed by atoms with Crippen LogP contribution in [0.1, 0.15) is 29.0 Å². The van der Waals surface area contributed by atoms with Crippen molar-refractivity contribution < 1.29 is 9.53 Å². The monoisotopic (exact) mass is 389 g/mol. The van der Waals surface area contributed by atoms with Crippen LogP contribution in [0.2, 0.25) is 10.0 Å². The molecule has 5 nitrogen and oxygen atoms in total. The highest BCUT2D eigenvalue weighted by molar-refractivity contribution is 6.35. The zero-order valence-electron chi connectivity index (χ0n) is 14.2. The van der Waals surface area contributed by atoms with Gasteiger partial charge in [0.25, 0.3) is 5.91 Å². The van der Waals surface area contributed by atoms with Crippen LogP contribution in [-0.4, -0.2) is 22.8 Å². The molecule has 134 valence electrons. The highest BCUT2D eigenvalue weighted by Gasteiger charge is 2.16. The Morgan fingerprint density at radius 3 is 2.54 bits per heavy atom. The second-order valence-electron chi connectivity index (χ2n) is 5.70. The third-order valence-electron chi connectivity index (χ3n) is 3.94. The van der Waals surface area contributed by atoms with Crippen LogP contribution in [0.3, 0.4) is 0 Å². The molecule has 3 rings (SSSR count). The van der Waals surface area contributed by atoms with Crippen molar-refractivity contribution in [3.63, 3.8) is 0 Å². The van der Waals surface area contributed by atoms with Crippen LogP contribution in [0.5, 0.6) is 5.75 Å². The Morgan fingerprint density at radius 2 is 1.88 bits per heavy atom. The average molecular weight is 390 g/mol. The van der Waals surface area contributed by atoms with E-state index in [1.165, 1.54) is 0 Å².